The lowest BCUT2D eigenvalue weighted by atomic mass is 9.94. The van der Waals surface area contributed by atoms with Gasteiger partial charge in [0.1, 0.15) is 6.04 Å². The number of sulfonamides is 1. The van der Waals surface area contributed by atoms with E-state index < -0.39 is 16.1 Å². The molecule has 0 saturated carbocycles. The lowest BCUT2D eigenvalue weighted by Crippen LogP contribution is -2.42. The Labute approximate surface area is 181 Å². The summed E-state index contributed by atoms with van der Waals surface area (Å²) in [4.78, 5) is 25.2. The van der Waals surface area contributed by atoms with Crippen molar-refractivity contribution in [1.82, 2.24) is 9.62 Å². The Morgan fingerprint density at radius 2 is 1.73 bits per heavy atom. The van der Waals surface area contributed by atoms with E-state index in [0.29, 0.717) is 35.5 Å². The van der Waals surface area contributed by atoms with Gasteiger partial charge in [-0.2, -0.15) is 4.31 Å². The summed E-state index contributed by atoms with van der Waals surface area (Å²) in [5, 5.41) is 7.14. The number of rotatable bonds is 6. The Morgan fingerprint density at radius 1 is 1.10 bits per heavy atom. The Morgan fingerprint density at radius 3 is 2.30 bits per heavy atom. The van der Waals surface area contributed by atoms with Gasteiger partial charge in [-0.25, -0.2) is 8.42 Å². The fourth-order valence-corrected chi connectivity index (χ4v) is 5.96. The lowest BCUT2D eigenvalue weighted by Gasteiger charge is -2.34. The van der Waals surface area contributed by atoms with Crippen LogP contribution in [0.3, 0.4) is 0 Å². The molecule has 2 aromatic rings. The van der Waals surface area contributed by atoms with Gasteiger partial charge in [-0.3, -0.25) is 9.59 Å². The van der Waals surface area contributed by atoms with Crippen LogP contribution >= 0.6 is 11.3 Å². The number of nitrogens with zero attached hydrogens (tertiary/aromatic N) is 1. The van der Waals surface area contributed by atoms with E-state index in [4.69, 9.17) is 0 Å². The molecule has 0 radical (unpaired) electrons. The molecular weight excluding hydrogens is 422 g/mol. The average molecular weight is 450 g/mol. The molecule has 7 nitrogen and oxygen atoms in total. The van der Waals surface area contributed by atoms with Gasteiger partial charge in [0.25, 0.3) is 5.91 Å². The van der Waals surface area contributed by atoms with Gasteiger partial charge in [-0.15, -0.1) is 11.3 Å². The number of carbonyl (C=O) groups excluding carboxylic acids is 2. The van der Waals surface area contributed by atoms with Crippen LogP contribution < -0.4 is 10.6 Å². The van der Waals surface area contributed by atoms with Gasteiger partial charge in [0.2, 0.25) is 15.9 Å². The molecule has 2 N–H and O–H groups in total. The van der Waals surface area contributed by atoms with Gasteiger partial charge in [0, 0.05) is 18.8 Å². The van der Waals surface area contributed by atoms with E-state index in [1.807, 2.05) is 0 Å². The number of piperidine rings is 1. The van der Waals surface area contributed by atoms with Crippen molar-refractivity contribution >= 4 is 38.9 Å². The van der Waals surface area contributed by atoms with E-state index in [0.717, 1.165) is 6.42 Å². The standard InChI is InChI=1S/C21H27N3O4S2/c1-14-11-15(2)13-24(12-14)30(27,28)18-8-6-17(7-9-18)23-20(25)16(3)22-21(26)19-5-4-10-29-19/h4-10,14-16H,11-13H2,1-3H3,(H,22,26)(H,23,25)/t14-,15-,16-/m1/s1. The third-order valence-corrected chi connectivity index (χ3v) is 7.80. The molecule has 0 aliphatic carbocycles. The topological polar surface area (TPSA) is 95.6 Å². The average Bonchev–Trinajstić information content (AvgIpc) is 3.22. The molecule has 9 heteroatoms. The molecule has 0 unspecified atom stereocenters. The molecule has 1 aliphatic rings. The molecule has 30 heavy (non-hydrogen) atoms. The highest BCUT2D eigenvalue weighted by Crippen LogP contribution is 2.27. The van der Waals surface area contributed by atoms with Gasteiger partial charge < -0.3 is 10.6 Å². The SMILES string of the molecule is C[C@@H]1C[C@@H](C)CN(S(=O)(=O)c2ccc(NC(=O)[C@@H](C)NC(=O)c3cccs3)cc2)C1. The number of hydrogen-bond acceptors (Lipinski definition) is 5. The smallest absolute Gasteiger partial charge is 0.261 e. The molecule has 3 rings (SSSR count). The van der Waals surface area contributed by atoms with Crippen molar-refractivity contribution in [3.05, 3.63) is 46.7 Å². The van der Waals surface area contributed by atoms with Crippen molar-refractivity contribution in [1.29, 1.82) is 0 Å². The largest absolute Gasteiger partial charge is 0.340 e. The zero-order valence-corrected chi connectivity index (χ0v) is 18.9. The summed E-state index contributed by atoms with van der Waals surface area (Å²) in [5.74, 6) is -0.0332. The van der Waals surface area contributed by atoms with Crippen molar-refractivity contribution in [3.63, 3.8) is 0 Å². The van der Waals surface area contributed by atoms with Crippen molar-refractivity contribution in [3.8, 4) is 0 Å². The molecule has 1 aromatic heterocycles. The molecule has 162 valence electrons. The fourth-order valence-electron chi connectivity index (χ4n) is 3.65. The number of thiophene rings is 1. The minimum atomic E-state index is -3.57. The number of anilines is 1. The Balaban J connectivity index is 1.62. The normalized spacial score (nSPS) is 21.0. The highest BCUT2D eigenvalue weighted by Gasteiger charge is 2.31. The van der Waals surface area contributed by atoms with E-state index >= 15 is 0 Å². The molecule has 0 spiro atoms. The molecule has 1 saturated heterocycles. The maximum atomic E-state index is 12.9. The summed E-state index contributed by atoms with van der Waals surface area (Å²) in [5.41, 5.74) is 0.469. The van der Waals surface area contributed by atoms with Crippen LogP contribution in [-0.4, -0.2) is 43.7 Å². The predicted molar refractivity (Wildman–Crippen MR) is 118 cm³/mol. The summed E-state index contributed by atoms with van der Waals surface area (Å²) in [6, 6.07) is 8.86. The summed E-state index contributed by atoms with van der Waals surface area (Å²) < 4.78 is 27.4. The van der Waals surface area contributed by atoms with E-state index in [-0.39, 0.29) is 16.7 Å². The Hall–Kier alpha value is -2.23. The zero-order valence-electron chi connectivity index (χ0n) is 17.3. The highest BCUT2D eigenvalue weighted by molar-refractivity contribution is 7.89. The van der Waals surface area contributed by atoms with Gasteiger partial charge in [0.05, 0.1) is 9.77 Å². The lowest BCUT2D eigenvalue weighted by molar-refractivity contribution is -0.117. The van der Waals surface area contributed by atoms with Crippen LogP contribution in [-0.2, 0) is 14.8 Å². The number of benzene rings is 1. The fraction of sp³-hybridized carbons (Fsp3) is 0.429. The monoisotopic (exact) mass is 449 g/mol. The van der Waals surface area contributed by atoms with Crippen LogP contribution in [0.1, 0.15) is 36.9 Å². The van der Waals surface area contributed by atoms with E-state index in [9.17, 15) is 18.0 Å². The second kappa shape index (κ2) is 9.28. The zero-order chi connectivity index (χ0) is 21.9. The molecule has 0 bridgehead atoms. The van der Waals surface area contributed by atoms with Crippen LogP contribution in [0.15, 0.2) is 46.7 Å². The second-order valence-corrected chi connectivity index (χ2v) is 10.8. The number of hydrogen-bond donors (Lipinski definition) is 2. The molecule has 1 fully saturated rings. The Kier molecular flexibility index (Phi) is 6.95. The summed E-state index contributed by atoms with van der Waals surface area (Å²) in [7, 11) is -3.57. The molecule has 3 atom stereocenters. The minimum absolute atomic E-state index is 0.209. The summed E-state index contributed by atoms with van der Waals surface area (Å²) >= 11 is 1.30. The van der Waals surface area contributed by atoms with Gasteiger partial charge in [0.15, 0.2) is 0 Å². The van der Waals surface area contributed by atoms with Crippen LogP contribution in [0.4, 0.5) is 5.69 Å². The second-order valence-electron chi connectivity index (χ2n) is 7.95. The maximum Gasteiger partial charge on any atom is 0.261 e. The third kappa shape index (κ3) is 5.27. The highest BCUT2D eigenvalue weighted by atomic mass is 32.2. The number of amides is 2. The van der Waals surface area contributed by atoms with Crippen molar-refractivity contribution in [2.24, 2.45) is 11.8 Å². The number of nitrogens with one attached hydrogen (secondary N) is 2. The first kappa shape index (κ1) is 22.5. The summed E-state index contributed by atoms with van der Waals surface area (Å²) in [6.07, 6.45) is 1.03. The molecular formula is C21H27N3O4S2. The van der Waals surface area contributed by atoms with Crippen molar-refractivity contribution in [2.45, 2.75) is 38.1 Å². The first-order valence-corrected chi connectivity index (χ1v) is 12.2. The van der Waals surface area contributed by atoms with Gasteiger partial charge in [-0.1, -0.05) is 19.9 Å². The Bertz CT molecular complexity index is 978. The minimum Gasteiger partial charge on any atom is -0.340 e. The molecule has 2 amide bonds. The molecule has 1 aliphatic heterocycles. The quantitative estimate of drug-likeness (QED) is 0.708. The van der Waals surface area contributed by atoms with E-state index in [2.05, 4.69) is 24.5 Å². The summed E-state index contributed by atoms with van der Waals surface area (Å²) in [6.45, 7) is 6.77. The van der Waals surface area contributed by atoms with Crippen LogP contribution in [0.5, 0.6) is 0 Å². The number of carbonyl (C=O) groups is 2. The van der Waals surface area contributed by atoms with E-state index in [1.165, 1.54) is 23.5 Å². The predicted octanol–water partition coefficient (Wildman–Crippen LogP) is 3.17. The van der Waals surface area contributed by atoms with Crippen molar-refractivity contribution in [2.75, 3.05) is 18.4 Å². The first-order chi connectivity index (χ1) is 14.2. The van der Waals surface area contributed by atoms with Gasteiger partial charge in [-0.05, 0) is 60.9 Å². The van der Waals surface area contributed by atoms with Crippen molar-refractivity contribution < 1.29 is 18.0 Å². The maximum absolute atomic E-state index is 12.9. The van der Waals surface area contributed by atoms with Crippen LogP contribution in [0.2, 0.25) is 0 Å². The first-order valence-electron chi connectivity index (χ1n) is 9.92. The van der Waals surface area contributed by atoms with Crippen LogP contribution in [0.25, 0.3) is 0 Å². The molecule has 2 heterocycles. The third-order valence-electron chi connectivity index (χ3n) is 5.08. The molecule has 1 aromatic carbocycles. The van der Waals surface area contributed by atoms with Crippen LogP contribution in [0, 0.1) is 11.8 Å². The van der Waals surface area contributed by atoms with Gasteiger partial charge >= 0.3 is 0 Å². The van der Waals surface area contributed by atoms with E-state index in [1.54, 1.807) is 40.9 Å².